The predicted molar refractivity (Wildman–Crippen MR) is 97.8 cm³/mol. The van der Waals surface area contributed by atoms with Crippen molar-refractivity contribution >= 4 is 15.9 Å². The van der Waals surface area contributed by atoms with E-state index in [9.17, 15) is 0 Å². The average Bonchev–Trinajstić information content (AvgIpc) is 3.04. The minimum absolute atomic E-state index is 0.267. The fourth-order valence-corrected chi connectivity index (χ4v) is 3.65. The van der Waals surface area contributed by atoms with Gasteiger partial charge in [-0.25, -0.2) is 4.68 Å². The number of hydrogen-bond acceptors (Lipinski definition) is 3. The third-order valence-electron chi connectivity index (χ3n) is 5.02. The zero-order valence-corrected chi connectivity index (χ0v) is 15.7. The van der Waals surface area contributed by atoms with E-state index >= 15 is 0 Å². The van der Waals surface area contributed by atoms with Crippen LogP contribution in [0.4, 0.5) is 0 Å². The molecule has 124 valence electrons. The Kier molecular flexibility index (Phi) is 4.63. The molecule has 1 aromatic carbocycles. The zero-order chi connectivity index (χ0) is 16.6. The standard InChI is InChI=1S/C18H25BrN4/c1-13-17(10-22-9-8-18(3,11-20)12-22)14(2)23(21-13)16-6-4-15(19)5-7-16/h4-7H,8-12,20H2,1-3H3. The minimum Gasteiger partial charge on any atom is -0.330 e. The number of nitrogens with zero attached hydrogens (tertiary/aromatic N) is 3. The van der Waals surface area contributed by atoms with E-state index in [2.05, 4.69) is 70.5 Å². The van der Waals surface area contributed by atoms with E-state index in [1.54, 1.807) is 0 Å². The maximum atomic E-state index is 5.93. The van der Waals surface area contributed by atoms with Gasteiger partial charge >= 0.3 is 0 Å². The molecule has 4 nitrogen and oxygen atoms in total. The van der Waals surface area contributed by atoms with Gasteiger partial charge in [-0.1, -0.05) is 22.9 Å². The van der Waals surface area contributed by atoms with Gasteiger partial charge in [0, 0.05) is 28.8 Å². The van der Waals surface area contributed by atoms with E-state index in [1.807, 2.05) is 0 Å². The van der Waals surface area contributed by atoms with E-state index in [1.165, 1.54) is 17.7 Å². The van der Waals surface area contributed by atoms with E-state index in [0.29, 0.717) is 0 Å². The van der Waals surface area contributed by atoms with Gasteiger partial charge in [0.1, 0.15) is 0 Å². The molecular weight excluding hydrogens is 352 g/mol. The van der Waals surface area contributed by atoms with Gasteiger partial charge in [-0.2, -0.15) is 5.10 Å². The van der Waals surface area contributed by atoms with Crippen molar-refractivity contribution in [3.8, 4) is 5.69 Å². The van der Waals surface area contributed by atoms with E-state index in [4.69, 9.17) is 10.8 Å². The normalized spacial score (nSPS) is 22.0. The molecule has 2 heterocycles. The molecule has 2 N–H and O–H groups in total. The first-order chi connectivity index (χ1) is 10.9. The van der Waals surface area contributed by atoms with Crippen molar-refractivity contribution < 1.29 is 0 Å². The third kappa shape index (κ3) is 3.37. The molecule has 0 radical (unpaired) electrons. The summed E-state index contributed by atoms with van der Waals surface area (Å²) in [5.41, 5.74) is 11.0. The highest BCUT2D eigenvalue weighted by atomic mass is 79.9. The largest absolute Gasteiger partial charge is 0.330 e. The monoisotopic (exact) mass is 376 g/mol. The molecule has 0 amide bonds. The second kappa shape index (κ2) is 6.38. The van der Waals surface area contributed by atoms with Crippen LogP contribution in [0.25, 0.3) is 5.69 Å². The molecule has 0 spiro atoms. The summed E-state index contributed by atoms with van der Waals surface area (Å²) in [5.74, 6) is 0. The maximum Gasteiger partial charge on any atom is 0.0649 e. The molecule has 0 saturated carbocycles. The summed E-state index contributed by atoms with van der Waals surface area (Å²) in [6.45, 7) is 10.5. The Labute approximate surface area is 146 Å². The molecule has 2 aromatic rings. The van der Waals surface area contributed by atoms with E-state index in [0.717, 1.165) is 42.0 Å². The fourth-order valence-electron chi connectivity index (χ4n) is 3.39. The lowest BCUT2D eigenvalue weighted by molar-refractivity contribution is 0.273. The molecule has 1 atom stereocenters. The Hall–Kier alpha value is -1.17. The van der Waals surface area contributed by atoms with Crippen LogP contribution in [-0.2, 0) is 6.54 Å². The van der Waals surface area contributed by atoms with E-state index in [-0.39, 0.29) is 5.41 Å². The summed E-state index contributed by atoms with van der Waals surface area (Å²) in [5, 5.41) is 4.76. The molecule has 0 bridgehead atoms. The highest BCUT2D eigenvalue weighted by Gasteiger charge is 2.33. The van der Waals surface area contributed by atoms with Crippen LogP contribution in [0.15, 0.2) is 28.7 Å². The predicted octanol–water partition coefficient (Wildman–Crippen LogP) is 3.42. The van der Waals surface area contributed by atoms with Gasteiger partial charge in [0.05, 0.1) is 11.4 Å². The molecule has 5 heteroatoms. The highest BCUT2D eigenvalue weighted by Crippen LogP contribution is 2.30. The molecule has 1 fully saturated rings. The van der Waals surface area contributed by atoms with Crippen LogP contribution in [0.3, 0.4) is 0 Å². The van der Waals surface area contributed by atoms with Gasteiger partial charge in [0.2, 0.25) is 0 Å². The fraction of sp³-hybridized carbons (Fsp3) is 0.500. The smallest absolute Gasteiger partial charge is 0.0649 e. The summed E-state index contributed by atoms with van der Waals surface area (Å²) < 4.78 is 3.14. The molecule has 23 heavy (non-hydrogen) atoms. The van der Waals surface area contributed by atoms with Gasteiger partial charge in [-0.3, -0.25) is 4.90 Å². The molecule has 1 aromatic heterocycles. The first kappa shape index (κ1) is 16.7. The van der Waals surface area contributed by atoms with Crippen molar-refractivity contribution in [2.75, 3.05) is 19.6 Å². The second-order valence-electron chi connectivity index (χ2n) is 7.01. The Morgan fingerprint density at radius 2 is 1.96 bits per heavy atom. The second-order valence-corrected chi connectivity index (χ2v) is 7.93. The van der Waals surface area contributed by atoms with E-state index < -0.39 is 0 Å². The molecule has 1 aliphatic heterocycles. The summed E-state index contributed by atoms with van der Waals surface area (Å²) >= 11 is 3.49. The average molecular weight is 377 g/mol. The van der Waals surface area contributed by atoms with Crippen LogP contribution in [0, 0.1) is 19.3 Å². The van der Waals surface area contributed by atoms with Crippen molar-refractivity contribution in [2.24, 2.45) is 11.1 Å². The van der Waals surface area contributed by atoms with Crippen molar-refractivity contribution in [2.45, 2.75) is 33.7 Å². The SMILES string of the molecule is Cc1nn(-c2ccc(Br)cc2)c(C)c1CN1CCC(C)(CN)C1. The van der Waals surface area contributed by atoms with Gasteiger partial charge in [-0.05, 0) is 63.0 Å². The minimum atomic E-state index is 0.267. The molecular formula is C18H25BrN4. The number of aryl methyl sites for hydroxylation is 1. The number of halogens is 1. The first-order valence-electron chi connectivity index (χ1n) is 8.15. The molecule has 1 unspecified atom stereocenters. The topological polar surface area (TPSA) is 47.1 Å². The van der Waals surface area contributed by atoms with Crippen LogP contribution in [0.2, 0.25) is 0 Å². The Morgan fingerprint density at radius 1 is 1.26 bits per heavy atom. The third-order valence-corrected chi connectivity index (χ3v) is 5.55. The summed E-state index contributed by atoms with van der Waals surface area (Å²) in [6.07, 6.45) is 1.18. The quantitative estimate of drug-likeness (QED) is 0.888. The summed E-state index contributed by atoms with van der Waals surface area (Å²) in [7, 11) is 0. The molecule has 3 rings (SSSR count). The van der Waals surface area contributed by atoms with Gasteiger partial charge in [0.25, 0.3) is 0 Å². The van der Waals surface area contributed by atoms with Crippen LogP contribution < -0.4 is 5.73 Å². The van der Waals surface area contributed by atoms with Crippen molar-refractivity contribution in [3.63, 3.8) is 0 Å². The number of likely N-dealkylation sites (tertiary alicyclic amines) is 1. The van der Waals surface area contributed by atoms with Gasteiger partial charge < -0.3 is 5.73 Å². The van der Waals surface area contributed by atoms with Crippen molar-refractivity contribution in [1.29, 1.82) is 0 Å². The van der Waals surface area contributed by atoms with Crippen LogP contribution in [0.1, 0.15) is 30.3 Å². The summed E-state index contributed by atoms with van der Waals surface area (Å²) in [4.78, 5) is 2.51. The van der Waals surface area contributed by atoms with Crippen molar-refractivity contribution in [1.82, 2.24) is 14.7 Å². The lowest BCUT2D eigenvalue weighted by Gasteiger charge is -2.22. The Morgan fingerprint density at radius 3 is 2.57 bits per heavy atom. The van der Waals surface area contributed by atoms with Gasteiger partial charge in [-0.15, -0.1) is 0 Å². The van der Waals surface area contributed by atoms with Crippen LogP contribution in [0.5, 0.6) is 0 Å². The molecule has 1 saturated heterocycles. The number of rotatable bonds is 4. The lowest BCUT2D eigenvalue weighted by Crippen LogP contribution is -2.31. The number of hydrogen-bond donors (Lipinski definition) is 1. The summed E-state index contributed by atoms with van der Waals surface area (Å²) in [6, 6.07) is 8.29. The lowest BCUT2D eigenvalue weighted by atomic mass is 9.90. The Bertz CT molecular complexity index is 692. The number of benzene rings is 1. The zero-order valence-electron chi connectivity index (χ0n) is 14.1. The van der Waals surface area contributed by atoms with Gasteiger partial charge in [0.15, 0.2) is 0 Å². The molecule has 0 aliphatic carbocycles. The maximum absolute atomic E-state index is 5.93. The number of nitrogens with two attached hydrogens (primary N) is 1. The Balaban J connectivity index is 1.83. The number of aromatic nitrogens is 2. The van der Waals surface area contributed by atoms with Crippen LogP contribution >= 0.6 is 15.9 Å². The van der Waals surface area contributed by atoms with Crippen LogP contribution in [-0.4, -0.2) is 34.3 Å². The first-order valence-corrected chi connectivity index (χ1v) is 8.95. The van der Waals surface area contributed by atoms with Crippen molar-refractivity contribution in [3.05, 3.63) is 45.7 Å². The molecule has 1 aliphatic rings. The highest BCUT2D eigenvalue weighted by molar-refractivity contribution is 9.10.